The van der Waals surface area contributed by atoms with Crippen LogP contribution in [-0.2, 0) is 0 Å². The Morgan fingerprint density at radius 2 is 2.12 bits per heavy atom. The van der Waals surface area contributed by atoms with Gasteiger partial charge in [0.15, 0.2) is 5.78 Å². The third-order valence-electron chi connectivity index (χ3n) is 2.17. The van der Waals surface area contributed by atoms with Crippen LogP contribution >= 0.6 is 0 Å². The lowest BCUT2D eigenvalue weighted by Crippen LogP contribution is -2.13. The van der Waals surface area contributed by atoms with Gasteiger partial charge < -0.3 is 10.5 Å². The fourth-order valence-electron chi connectivity index (χ4n) is 1.48. The Labute approximate surface area is 96.6 Å². The molecule has 0 unspecified atom stereocenters. The van der Waals surface area contributed by atoms with E-state index >= 15 is 0 Å². The molecule has 88 valence electrons. The largest absolute Gasteiger partial charge is 0.490 e. The summed E-state index contributed by atoms with van der Waals surface area (Å²) >= 11 is 0. The van der Waals surface area contributed by atoms with E-state index in [1.807, 2.05) is 39.0 Å². The van der Waals surface area contributed by atoms with Crippen LogP contribution in [-0.4, -0.2) is 18.4 Å². The molecule has 0 aliphatic rings. The van der Waals surface area contributed by atoms with Crippen molar-refractivity contribution in [2.75, 3.05) is 6.54 Å². The van der Waals surface area contributed by atoms with Crippen LogP contribution in [0, 0.1) is 6.92 Å². The summed E-state index contributed by atoms with van der Waals surface area (Å²) in [4.78, 5) is 11.8. The second-order valence-electron chi connectivity index (χ2n) is 4.13. The summed E-state index contributed by atoms with van der Waals surface area (Å²) in [7, 11) is 0. The molecule has 0 bridgehead atoms. The molecule has 2 N–H and O–H groups in total. The van der Waals surface area contributed by atoms with Crippen LogP contribution in [0.15, 0.2) is 18.2 Å². The summed E-state index contributed by atoms with van der Waals surface area (Å²) in [5.41, 5.74) is 7.08. The molecule has 0 fully saturated rings. The maximum Gasteiger partial charge on any atom is 0.167 e. The monoisotopic (exact) mass is 221 g/mol. The second-order valence-corrected chi connectivity index (χ2v) is 4.13. The maximum absolute atomic E-state index is 11.8. The average molecular weight is 221 g/mol. The van der Waals surface area contributed by atoms with Gasteiger partial charge in [0.1, 0.15) is 5.75 Å². The molecule has 0 heterocycles. The van der Waals surface area contributed by atoms with Crippen LogP contribution in [0.1, 0.15) is 36.2 Å². The maximum atomic E-state index is 11.8. The average Bonchev–Trinajstić information content (AvgIpc) is 2.20. The van der Waals surface area contributed by atoms with E-state index in [9.17, 15) is 4.79 Å². The molecular weight excluding hydrogens is 202 g/mol. The quantitative estimate of drug-likeness (QED) is 0.776. The third-order valence-corrected chi connectivity index (χ3v) is 2.17. The van der Waals surface area contributed by atoms with Gasteiger partial charge in [0.25, 0.3) is 0 Å². The number of ketones is 1. The zero-order chi connectivity index (χ0) is 12.1. The van der Waals surface area contributed by atoms with Gasteiger partial charge in [0.2, 0.25) is 0 Å². The highest BCUT2D eigenvalue weighted by Crippen LogP contribution is 2.22. The molecule has 0 radical (unpaired) electrons. The Morgan fingerprint density at radius 1 is 1.44 bits per heavy atom. The van der Waals surface area contributed by atoms with E-state index in [1.165, 1.54) is 0 Å². The van der Waals surface area contributed by atoms with Gasteiger partial charge in [-0.25, -0.2) is 0 Å². The van der Waals surface area contributed by atoms with Crippen LogP contribution < -0.4 is 10.5 Å². The summed E-state index contributed by atoms with van der Waals surface area (Å²) in [5, 5.41) is 0. The highest BCUT2D eigenvalue weighted by molar-refractivity contribution is 5.98. The van der Waals surface area contributed by atoms with E-state index < -0.39 is 0 Å². The smallest absolute Gasteiger partial charge is 0.167 e. The molecular formula is C13H19NO2. The van der Waals surface area contributed by atoms with Crippen molar-refractivity contribution < 1.29 is 9.53 Å². The van der Waals surface area contributed by atoms with E-state index in [-0.39, 0.29) is 11.9 Å². The lowest BCUT2D eigenvalue weighted by atomic mass is 10.0. The molecule has 0 amide bonds. The van der Waals surface area contributed by atoms with Crippen molar-refractivity contribution >= 4 is 5.78 Å². The summed E-state index contributed by atoms with van der Waals surface area (Å²) in [6.07, 6.45) is 0.421. The molecule has 0 aliphatic carbocycles. The number of carbonyl (C=O) groups excluding carboxylic acids is 1. The highest BCUT2D eigenvalue weighted by atomic mass is 16.5. The van der Waals surface area contributed by atoms with Crippen molar-refractivity contribution in [1.82, 2.24) is 0 Å². The number of nitrogens with two attached hydrogens (primary N) is 1. The van der Waals surface area contributed by atoms with Crippen molar-refractivity contribution in [3.63, 3.8) is 0 Å². The first-order valence-electron chi connectivity index (χ1n) is 5.55. The molecule has 1 rings (SSSR count). The lowest BCUT2D eigenvalue weighted by molar-refractivity contribution is 0.0979. The normalized spacial score (nSPS) is 10.6. The van der Waals surface area contributed by atoms with Gasteiger partial charge in [0, 0.05) is 6.42 Å². The van der Waals surface area contributed by atoms with E-state index in [0.717, 1.165) is 5.56 Å². The first-order valence-corrected chi connectivity index (χ1v) is 5.55. The van der Waals surface area contributed by atoms with Crippen LogP contribution in [0.25, 0.3) is 0 Å². The SMILES string of the molecule is Cc1ccc(OC(C)C)c(C(=O)CCN)c1. The Bertz CT molecular complexity index is 372. The van der Waals surface area contributed by atoms with E-state index in [1.54, 1.807) is 0 Å². The molecule has 0 aromatic heterocycles. The van der Waals surface area contributed by atoms with Crippen LogP contribution in [0.4, 0.5) is 0 Å². The standard InChI is InChI=1S/C13H19NO2/c1-9(2)16-13-5-4-10(3)8-11(13)12(15)6-7-14/h4-5,8-9H,6-7,14H2,1-3H3. The summed E-state index contributed by atoms with van der Waals surface area (Å²) in [6.45, 7) is 6.21. The molecule has 0 aliphatic heterocycles. The summed E-state index contributed by atoms with van der Waals surface area (Å²) < 4.78 is 5.61. The van der Waals surface area contributed by atoms with Crippen LogP contribution in [0.2, 0.25) is 0 Å². The van der Waals surface area contributed by atoms with E-state index in [0.29, 0.717) is 24.3 Å². The molecule has 16 heavy (non-hydrogen) atoms. The number of aryl methyl sites for hydroxylation is 1. The number of hydrogen-bond acceptors (Lipinski definition) is 3. The summed E-state index contributed by atoms with van der Waals surface area (Å²) in [6, 6.07) is 5.64. The van der Waals surface area contributed by atoms with Gasteiger partial charge in [-0.2, -0.15) is 0 Å². The zero-order valence-electron chi connectivity index (χ0n) is 10.1. The van der Waals surface area contributed by atoms with Gasteiger partial charge >= 0.3 is 0 Å². The van der Waals surface area contributed by atoms with Crippen molar-refractivity contribution in [1.29, 1.82) is 0 Å². The number of hydrogen-bond donors (Lipinski definition) is 1. The summed E-state index contributed by atoms with van der Waals surface area (Å²) in [5.74, 6) is 0.695. The predicted molar refractivity (Wildman–Crippen MR) is 64.9 cm³/mol. The topological polar surface area (TPSA) is 52.3 Å². The minimum absolute atomic E-state index is 0.0434. The molecule has 1 aromatic carbocycles. The third kappa shape index (κ3) is 3.35. The molecule has 0 saturated heterocycles. The van der Waals surface area contributed by atoms with Crippen molar-refractivity contribution in [2.45, 2.75) is 33.3 Å². The minimum atomic E-state index is 0.0434. The van der Waals surface area contributed by atoms with E-state index in [4.69, 9.17) is 10.5 Å². The number of rotatable bonds is 5. The zero-order valence-corrected chi connectivity index (χ0v) is 10.1. The van der Waals surface area contributed by atoms with Crippen molar-refractivity contribution in [3.8, 4) is 5.75 Å². The number of Topliss-reactive ketones (excluding diaryl/α,β-unsaturated/α-hetero) is 1. The first-order chi connectivity index (χ1) is 7.54. The van der Waals surface area contributed by atoms with Gasteiger partial charge in [-0.3, -0.25) is 4.79 Å². The predicted octanol–water partition coefficient (Wildman–Crippen LogP) is 2.31. The lowest BCUT2D eigenvalue weighted by Gasteiger charge is -2.14. The van der Waals surface area contributed by atoms with E-state index in [2.05, 4.69) is 0 Å². The Morgan fingerprint density at radius 3 is 2.69 bits per heavy atom. The van der Waals surface area contributed by atoms with Gasteiger partial charge in [-0.1, -0.05) is 11.6 Å². The first kappa shape index (κ1) is 12.7. The van der Waals surface area contributed by atoms with Gasteiger partial charge in [-0.15, -0.1) is 0 Å². The molecule has 1 aromatic rings. The highest BCUT2D eigenvalue weighted by Gasteiger charge is 2.12. The molecule has 0 spiro atoms. The number of benzene rings is 1. The number of ether oxygens (including phenoxy) is 1. The minimum Gasteiger partial charge on any atom is -0.490 e. The molecule has 0 atom stereocenters. The fourth-order valence-corrected chi connectivity index (χ4v) is 1.48. The molecule has 0 saturated carbocycles. The van der Waals surface area contributed by atoms with Crippen molar-refractivity contribution in [2.24, 2.45) is 5.73 Å². The number of carbonyl (C=O) groups is 1. The molecule has 3 heteroatoms. The Balaban J connectivity index is 3.02. The Kier molecular flexibility index (Phi) is 4.50. The molecule has 3 nitrogen and oxygen atoms in total. The van der Waals surface area contributed by atoms with Crippen LogP contribution in [0.3, 0.4) is 0 Å². The van der Waals surface area contributed by atoms with Gasteiger partial charge in [0.05, 0.1) is 11.7 Å². The van der Waals surface area contributed by atoms with Crippen LogP contribution in [0.5, 0.6) is 5.75 Å². The van der Waals surface area contributed by atoms with Crippen molar-refractivity contribution in [3.05, 3.63) is 29.3 Å². The van der Waals surface area contributed by atoms with Gasteiger partial charge in [-0.05, 0) is 39.4 Å². The second kappa shape index (κ2) is 5.66. The fraction of sp³-hybridized carbons (Fsp3) is 0.462. The Hall–Kier alpha value is -1.35.